The van der Waals surface area contributed by atoms with Crippen LogP contribution in [0, 0.1) is 6.92 Å². The first kappa shape index (κ1) is 15.3. The summed E-state index contributed by atoms with van der Waals surface area (Å²) in [6.45, 7) is 7.75. The van der Waals surface area contributed by atoms with E-state index in [1.165, 1.54) is 0 Å². The number of nitrogens with zero attached hydrogens (tertiary/aromatic N) is 2. The van der Waals surface area contributed by atoms with Crippen LogP contribution in [0.5, 0.6) is 0 Å². The SMILES string of the molecule is Cc1ccc(C(C)NC(=O)CCc2nc(C(C)C)no2)o1. The Hall–Kier alpha value is -2.11. The number of amides is 1. The van der Waals surface area contributed by atoms with Crippen LogP contribution in [0.15, 0.2) is 21.1 Å². The van der Waals surface area contributed by atoms with Crippen LogP contribution in [0.4, 0.5) is 0 Å². The van der Waals surface area contributed by atoms with Crippen LogP contribution in [0.3, 0.4) is 0 Å². The zero-order valence-electron chi connectivity index (χ0n) is 12.8. The van der Waals surface area contributed by atoms with Crippen LogP contribution in [0.2, 0.25) is 0 Å². The molecular formula is C15H21N3O3. The van der Waals surface area contributed by atoms with E-state index in [9.17, 15) is 4.79 Å². The largest absolute Gasteiger partial charge is 0.464 e. The van der Waals surface area contributed by atoms with Gasteiger partial charge in [0.15, 0.2) is 5.82 Å². The lowest BCUT2D eigenvalue weighted by Gasteiger charge is -2.10. The number of rotatable bonds is 6. The van der Waals surface area contributed by atoms with Gasteiger partial charge in [-0.2, -0.15) is 4.98 Å². The molecule has 1 N–H and O–H groups in total. The van der Waals surface area contributed by atoms with Gasteiger partial charge in [0.1, 0.15) is 11.5 Å². The van der Waals surface area contributed by atoms with Gasteiger partial charge in [-0.3, -0.25) is 4.79 Å². The molecule has 0 bridgehead atoms. The minimum absolute atomic E-state index is 0.0687. The maximum Gasteiger partial charge on any atom is 0.227 e. The van der Waals surface area contributed by atoms with Gasteiger partial charge in [0.2, 0.25) is 11.8 Å². The summed E-state index contributed by atoms with van der Waals surface area (Å²) >= 11 is 0. The number of furan rings is 1. The van der Waals surface area contributed by atoms with Crippen LogP contribution in [0.1, 0.15) is 62.4 Å². The molecule has 0 aliphatic carbocycles. The lowest BCUT2D eigenvalue weighted by Crippen LogP contribution is -2.26. The van der Waals surface area contributed by atoms with Gasteiger partial charge < -0.3 is 14.3 Å². The van der Waals surface area contributed by atoms with Crippen molar-refractivity contribution in [3.05, 3.63) is 35.4 Å². The number of aryl methyl sites for hydroxylation is 2. The minimum atomic E-state index is -0.153. The Morgan fingerprint density at radius 1 is 1.33 bits per heavy atom. The highest BCUT2D eigenvalue weighted by atomic mass is 16.5. The van der Waals surface area contributed by atoms with Crippen LogP contribution < -0.4 is 5.32 Å². The summed E-state index contributed by atoms with van der Waals surface area (Å²) in [6, 6.07) is 3.59. The molecule has 0 fully saturated rings. The number of carbonyl (C=O) groups excluding carboxylic acids is 1. The Balaban J connectivity index is 1.81. The number of hydrogen-bond donors (Lipinski definition) is 1. The van der Waals surface area contributed by atoms with E-state index in [-0.39, 0.29) is 17.9 Å². The molecule has 6 nitrogen and oxygen atoms in total. The highest BCUT2D eigenvalue weighted by molar-refractivity contribution is 5.76. The van der Waals surface area contributed by atoms with E-state index in [0.29, 0.717) is 24.6 Å². The Kier molecular flexibility index (Phi) is 4.77. The number of aromatic nitrogens is 2. The maximum absolute atomic E-state index is 11.9. The molecule has 2 heterocycles. The molecule has 1 atom stereocenters. The van der Waals surface area contributed by atoms with Crippen molar-refractivity contribution in [2.45, 2.75) is 52.5 Å². The van der Waals surface area contributed by atoms with Gasteiger partial charge >= 0.3 is 0 Å². The highest BCUT2D eigenvalue weighted by Gasteiger charge is 2.15. The van der Waals surface area contributed by atoms with Crippen molar-refractivity contribution in [3.63, 3.8) is 0 Å². The van der Waals surface area contributed by atoms with E-state index < -0.39 is 0 Å². The van der Waals surface area contributed by atoms with Gasteiger partial charge in [0.25, 0.3) is 0 Å². The molecule has 0 saturated heterocycles. The van der Waals surface area contributed by atoms with Crippen molar-refractivity contribution in [2.24, 2.45) is 0 Å². The van der Waals surface area contributed by atoms with Crippen molar-refractivity contribution in [1.29, 1.82) is 0 Å². The first-order chi connectivity index (χ1) is 9.95. The second-order valence-corrected chi connectivity index (χ2v) is 5.44. The second kappa shape index (κ2) is 6.56. The predicted octanol–water partition coefficient (Wildman–Crippen LogP) is 2.90. The normalized spacial score (nSPS) is 12.6. The lowest BCUT2D eigenvalue weighted by atomic mass is 10.2. The summed E-state index contributed by atoms with van der Waals surface area (Å²) in [4.78, 5) is 16.2. The zero-order valence-corrected chi connectivity index (χ0v) is 12.8. The highest BCUT2D eigenvalue weighted by Crippen LogP contribution is 2.16. The topological polar surface area (TPSA) is 81.2 Å². The van der Waals surface area contributed by atoms with Gasteiger partial charge in [-0.1, -0.05) is 19.0 Å². The lowest BCUT2D eigenvalue weighted by molar-refractivity contribution is -0.121. The first-order valence-corrected chi connectivity index (χ1v) is 7.14. The summed E-state index contributed by atoms with van der Waals surface area (Å²) in [7, 11) is 0. The molecule has 1 amide bonds. The average molecular weight is 291 g/mol. The molecule has 0 aliphatic heterocycles. The fourth-order valence-corrected chi connectivity index (χ4v) is 1.90. The van der Waals surface area contributed by atoms with Crippen molar-refractivity contribution >= 4 is 5.91 Å². The standard InChI is InChI=1S/C15H21N3O3/c1-9(2)15-17-14(21-18-15)8-7-13(19)16-11(4)12-6-5-10(3)20-12/h5-6,9,11H,7-8H2,1-4H3,(H,16,19). The van der Waals surface area contributed by atoms with Crippen LogP contribution in [0.25, 0.3) is 0 Å². The van der Waals surface area contributed by atoms with Crippen molar-refractivity contribution < 1.29 is 13.7 Å². The smallest absolute Gasteiger partial charge is 0.227 e. The average Bonchev–Trinajstić information content (AvgIpc) is 3.05. The third kappa shape index (κ3) is 4.18. The van der Waals surface area contributed by atoms with E-state index in [1.807, 2.05) is 39.8 Å². The summed E-state index contributed by atoms with van der Waals surface area (Å²) in [5, 5.41) is 6.76. The Bertz CT molecular complexity index is 601. The molecule has 0 saturated carbocycles. The second-order valence-electron chi connectivity index (χ2n) is 5.44. The van der Waals surface area contributed by atoms with E-state index in [2.05, 4.69) is 15.5 Å². The third-order valence-electron chi connectivity index (χ3n) is 3.13. The minimum Gasteiger partial charge on any atom is -0.464 e. The van der Waals surface area contributed by atoms with Crippen LogP contribution in [-0.4, -0.2) is 16.0 Å². The molecule has 114 valence electrons. The van der Waals surface area contributed by atoms with Gasteiger partial charge in [-0.15, -0.1) is 0 Å². The molecule has 0 aliphatic rings. The Morgan fingerprint density at radius 2 is 2.10 bits per heavy atom. The van der Waals surface area contributed by atoms with Crippen molar-refractivity contribution in [3.8, 4) is 0 Å². The summed E-state index contributed by atoms with van der Waals surface area (Å²) in [6.07, 6.45) is 0.749. The van der Waals surface area contributed by atoms with Crippen molar-refractivity contribution in [1.82, 2.24) is 15.5 Å². The summed E-state index contributed by atoms with van der Waals surface area (Å²) in [5.41, 5.74) is 0. The molecule has 6 heteroatoms. The molecular weight excluding hydrogens is 270 g/mol. The number of carbonyl (C=O) groups is 1. The molecule has 1 unspecified atom stereocenters. The van der Waals surface area contributed by atoms with E-state index in [4.69, 9.17) is 8.94 Å². The summed E-state index contributed by atoms with van der Waals surface area (Å²) < 4.78 is 10.6. The quantitative estimate of drug-likeness (QED) is 0.885. The first-order valence-electron chi connectivity index (χ1n) is 7.14. The molecule has 0 spiro atoms. The van der Waals surface area contributed by atoms with Crippen molar-refractivity contribution in [2.75, 3.05) is 0 Å². The van der Waals surface area contributed by atoms with E-state index in [0.717, 1.165) is 11.5 Å². The molecule has 0 radical (unpaired) electrons. The Labute approximate surface area is 123 Å². The monoisotopic (exact) mass is 291 g/mol. The molecule has 2 aromatic heterocycles. The molecule has 2 rings (SSSR count). The third-order valence-corrected chi connectivity index (χ3v) is 3.13. The molecule has 0 aromatic carbocycles. The van der Waals surface area contributed by atoms with Gasteiger partial charge in [0.05, 0.1) is 6.04 Å². The van der Waals surface area contributed by atoms with E-state index in [1.54, 1.807) is 0 Å². The van der Waals surface area contributed by atoms with Gasteiger partial charge in [0, 0.05) is 18.8 Å². The fourth-order valence-electron chi connectivity index (χ4n) is 1.90. The zero-order chi connectivity index (χ0) is 15.4. The molecule has 2 aromatic rings. The maximum atomic E-state index is 11.9. The van der Waals surface area contributed by atoms with Gasteiger partial charge in [-0.25, -0.2) is 0 Å². The summed E-state index contributed by atoms with van der Waals surface area (Å²) in [5.74, 6) is 2.90. The molecule has 21 heavy (non-hydrogen) atoms. The van der Waals surface area contributed by atoms with Crippen LogP contribution >= 0.6 is 0 Å². The number of nitrogens with one attached hydrogen (secondary N) is 1. The predicted molar refractivity (Wildman–Crippen MR) is 76.7 cm³/mol. The Morgan fingerprint density at radius 3 is 2.67 bits per heavy atom. The fraction of sp³-hybridized carbons (Fsp3) is 0.533. The van der Waals surface area contributed by atoms with Gasteiger partial charge in [-0.05, 0) is 26.0 Å². The van der Waals surface area contributed by atoms with E-state index >= 15 is 0 Å². The number of hydrogen-bond acceptors (Lipinski definition) is 5. The van der Waals surface area contributed by atoms with Crippen LogP contribution in [-0.2, 0) is 11.2 Å².